The number of hydrogen-bond acceptors (Lipinski definition) is 4. The topological polar surface area (TPSA) is 70.5 Å². The molecule has 14 heavy (non-hydrogen) atoms. The van der Waals surface area contributed by atoms with Gasteiger partial charge in [0, 0.05) is 11.6 Å². The van der Waals surface area contributed by atoms with Gasteiger partial charge in [0.15, 0.2) is 0 Å². The molecule has 0 amide bonds. The number of hydrogen-bond donors (Lipinski definition) is 2. The van der Waals surface area contributed by atoms with Gasteiger partial charge in [-0.15, -0.1) is 0 Å². The Bertz CT molecular complexity index is 318. The minimum Gasteiger partial charge on any atom is -0.489 e. The Hall–Kier alpha value is -0.940. The van der Waals surface area contributed by atoms with E-state index in [1.165, 1.54) is 0 Å². The van der Waals surface area contributed by atoms with Crippen LogP contribution in [0.15, 0.2) is 16.6 Å². The number of nitrogens with two attached hydrogens (primary N) is 2. The normalized spacial score (nSPS) is 10.1. The molecule has 0 radical (unpaired) electrons. The van der Waals surface area contributed by atoms with Crippen molar-refractivity contribution in [3.63, 3.8) is 0 Å². The second kappa shape index (κ2) is 5.07. The van der Waals surface area contributed by atoms with Crippen molar-refractivity contribution in [1.82, 2.24) is 0 Å². The van der Waals surface area contributed by atoms with Gasteiger partial charge in [0.1, 0.15) is 12.4 Å². The van der Waals surface area contributed by atoms with Crippen LogP contribution in [0, 0.1) is 0 Å². The predicted molar refractivity (Wildman–Crippen MR) is 60.3 cm³/mol. The first-order valence-electron chi connectivity index (χ1n) is 4.11. The fraction of sp³-hybridized carbons (Fsp3) is 0.333. The van der Waals surface area contributed by atoms with Gasteiger partial charge in [-0.3, -0.25) is 0 Å². The van der Waals surface area contributed by atoms with Gasteiger partial charge in [-0.1, -0.05) is 15.9 Å². The molecule has 0 aliphatic rings. The van der Waals surface area contributed by atoms with Crippen LogP contribution in [-0.4, -0.2) is 20.3 Å². The lowest BCUT2D eigenvalue weighted by Gasteiger charge is -2.10. The van der Waals surface area contributed by atoms with Gasteiger partial charge >= 0.3 is 0 Å². The standard InChI is InChI=1S/C9H13BrN2O2/c1-13-2-3-14-8-5-6(10)4-7(11)9(8)12/h4-5H,2-3,11-12H2,1H3. The quantitative estimate of drug-likeness (QED) is 0.638. The van der Waals surface area contributed by atoms with E-state index in [9.17, 15) is 0 Å². The highest BCUT2D eigenvalue weighted by molar-refractivity contribution is 9.10. The number of ether oxygens (including phenoxy) is 2. The van der Waals surface area contributed by atoms with Crippen LogP contribution in [0.4, 0.5) is 11.4 Å². The zero-order valence-electron chi connectivity index (χ0n) is 7.92. The van der Waals surface area contributed by atoms with Crippen molar-refractivity contribution in [2.75, 3.05) is 31.8 Å². The summed E-state index contributed by atoms with van der Waals surface area (Å²) in [7, 11) is 1.61. The maximum atomic E-state index is 5.72. The number of anilines is 2. The summed E-state index contributed by atoms with van der Waals surface area (Å²) in [4.78, 5) is 0. The average Bonchev–Trinajstić information content (AvgIpc) is 2.13. The van der Waals surface area contributed by atoms with E-state index >= 15 is 0 Å². The Morgan fingerprint density at radius 3 is 2.64 bits per heavy atom. The van der Waals surface area contributed by atoms with E-state index in [1.54, 1.807) is 19.2 Å². The summed E-state index contributed by atoms with van der Waals surface area (Å²) in [6.45, 7) is 0.975. The van der Waals surface area contributed by atoms with Crippen molar-refractivity contribution in [2.45, 2.75) is 0 Å². The molecule has 1 rings (SSSR count). The van der Waals surface area contributed by atoms with Crippen LogP contribution in [0.2, 0.25) is 0 Å². The lowest BCUT2D eigenvalue weighted by atomic mass is 10.2. The molecule has 0 aliphatic heterocycles. The van der Waals surface area contributed by atoms with E-state index in [2.05, 4.69) is 15.9 Å². The van der Waals surface area contributed by atoms with Crippen LogP contribution < -0.4 is 16.2 Å². The van der Waals surface area contributed by atoms with Gasteiger partial charge in [-0.05, 0) is 12.1 Å². The minimum absolute atomic E-state index is 0.455. The van der Waals surface area contributed by atoms with Crippen LogP contribution in [0.25, 0.3) is 0 Å². The Morgan fingerprint density at radius 1 is 1.29 bits per heavy atom. The van der Waals surface area contributed by atoms with E-state index in [0.29, 0.717) is 30.3 Å². The lowest BCUT2D eigenvalue weighted by molar-refractivity contribution is 0.146. The molecule has 0 saturated heterocycles. The molecule has 0 bridgehead atoms. The molecule has 1 aromatic rings. The molecule has 0 fully saturated rings. The molecule has 0 saturated carbocycles. The van der Waals surface area contributed by atoms with Crippen molar-refractivity contribution >= 4 is 27.3 Å². The summed E-state index contributed by atoms with van der Waals surface area (Å²) < 4.78 is 11.1. The molecule has 0 aliphatic carbocycles. The monoisotopic (exact) mass is 260 g/mol. The molecule has 0 unspecified atom stereocenters. The summed E-state index contributed by atoms with van der Waals surface area (Å²) in [6, 6.07) is 3.51. The lowest BCUT2D eigenvalue weighted by Crippen LogP contribution is -2.07. The van der Waals surface area contributed by atoms with Crippen LogP contribution in [0.5, 0.6) is 5.75 Å². The van der Waals surface area contributed by atoms with Crippen molar-refractivity contribution in [3.05, 3.63) is 16.6 Å². The van der Waals surface area contributed by atoms with Gasteiger partial charge in [0.05, 0.1) is 18.0 Å². The Balaban J connectivity index is 2.75. The number of methoxy groups -OCH3 is 1. The molecule has 0 heterocycles. The minimum atomic E-state index is 0.455. The maximum Gasteiger partial charge on any atom is 0.145 e. The molecule has 0 atom stereocenters. The van der Waals surface area contributed by atoms with Crippen molar-refractivity contribution in [2.24, 2.45) is 0 Å². The molecule has 4 N–H and O–H groups in total. The molecule has 4 nitrogen and oxygen atoms in total. The fourth-order valence-corrected chi connectivity index (χ4v) is 1.42. The first-order chi connectivity index (χ1) is 6.65. The molecular weight excluding hydrogens is 248 g/mol. The van der Waals surface area contributed by atoms with Crippen LogP contribution in [0.1, 0.15) is 0 Å². The zero-order valence-corrected chi connectivity index (χ0v) is 9.50. The SMILES string of the molecule is COCCOc1cc(Br)cc(N)c1N. The first kappa shape index (κ1) is 11.1. The third-order valence-electron chi connectivity index (χ3n) is 1.68. The Kier molecular flexibility index (Phi) is 4.03. The Morgan fingerprint density at radius 2 is 2.00 bits per heavy atom. The number of benzene rings is 1. The second-order valence-electron chi connectivity index (χ2n) is 2.75. The molecule has 78 valence electrons. The van der Waals surface area contributed by atoms with Crippen molar-refractivity contribution < 1.29 is 9.47 Å². The Labute approximate surface area is 91.3 Å². The van der Waals surface area contributed by atoms with Crippen LogP contribution >= 0.6 is 15.9 Å². The number of halogens is 1. The van der Waals surface area contributed by atoms with E-state index < -0.39 is 0 Å². The highest BCUT2D eigenvalue weighted by atomic mass is 79.9. The maximum absolute atomic E-state index is 5.72. The van der Waals surface area contributed by atoms with E-state index in [0.717, 1.165) is 4.47 Å². The zero-order chi connectivity index (χ0) is 10.6. The van der Waals surface area contributed by atoms with E-state index in [-0.39, 0.29) is 0 Å². The smallest absolute Gasteiger partial charge is 0.145 e. The van der Waals surface area contributed by atoms with Gasteiger partial charge in [0.2, 0.25) is 0 Å². The third kappa shape index (κ3) is 2.78. The summed E-state index contributed by atoms with van der Waals surface area (Å²) in [6.07, 6.45) is 0. The highest BCUT2D eigenvalue weighted by Gasteiger charge is 2.05. The fourth-order valence-electron chi connectivity index (χ4n) is 0.968. The summed E-state index contributed by atoms with van der Waals surface area (Å²) in [5.74, 6) is 0.578. The molecule has 1 aromatic carbocycles. The summed E-state index contributed by atoms with van der Waals surface area (Å²) in [5, 5.41) is 0. The van der Waals surface area contributed by atoms with Crippen molar-refractivity contribution in [3.8, 4) is 5.75 Å². The number of rotatable bonds is 4. The second-order valence-corrected chi connectivity index (χ2v) is 3.66. The van der Waals surface area contributed by atoms with E-state index in [4.69, 9.17) is 20.9 Å². The molecule has 0 aromatic heterocycles. The van der Waals surface area contributed by atoms with Crippen molar-refractivity contribution in [1.29, 1.82) is 0 Å². The molecule has 5 heteroatoms. The van der Waals surface area contributed by atoms with Gasteiger partial charge in [-0.25, -0.2) is 0 Å². The summed E-state index contributed by atoms with van der Waals surface area (Å²) in [5.41, 5.74) is 12.4. The first-order valence-corrected chi connectivity index (χ1v) is 4.90. The van der Waals surface area contributed by atoms with Gasteiger partial charge < -0.3 is 20.9 Å². The molecule has 0 spiro atoms. The number of nitrogen functional groups attached to an aromatic ring is 2. The summed E-state index contributed by atoms with van der Waals surface area (Å²) >= 11 is 3.31. The average molecular weight is 261 g/mol. The predicted octanol–water partition coefficient (Wildman–Crippen LogP) is 1.64. The van der Waals surface area contributed by atoms with Crippen LogP contribution in [0.3, 0.4) is 0 Å². The van der Waals surface area contributed by atoms with E-state index in [1.807, 2.05) is 0 Å². The largest absolute Gasteiger partial charge is 0.489 e. The van der Waals surface area contributed by atoms with Gasteiger partial charge in [0.25, 0.3) is 0 Å². The molecular formula is C9H13BrN2O2. The third-order valence-corrected chi connectivity index (χ3v) is 2.14. The highest BCUT2D eigenvalue weighted by Crippen LogP contribution is 2.31. The van der Waals surface area contributed by atoms with Crippen LogP contribution in [-0.2, 0) is 4.74 Å². The van der Waals surface area contributed by atoms with Gasteiger partial charge in [-0.2, -0.15) is 0 Å².